The molecule has 3 unspecified atom stereocenters. The Labute approximate surface area is 164 Å². The van der Waals surface area contributed by atoms with E-state index >= 15 is 0 Å². The highest BCUT2D eigenvalue weighted by atomic mass is 16.5. The number of hydrogen-bond acceptors (Lipinski definition) is 3. The van der Waals surface area contributed by atoms with Crippen molar-refractivity contribution in [3.8, 4) is 5.75 Å². The van der Waals surface area contributed by atoms with Crippen molar-refractivity contribution in [1.29, 1.82) is 0 Å². The minimum Gasteiger partial charge on any atom is -0.497 e. The predicted octanol–water partition coefficient (Wildman–Crippen LogP) is 4.49. The molecule has 27 heavy (non-hydrogen) atoms. The van der Waals surface area contributed by atoms with Crippen LogP contribution in [0.5, 0.6) is 5.75 Å². The molecule has 0 spiro atoms. The van der Waals surface area contributed by atoms with Crippen molar-refractivity contribution in [2.24, 2.45) is 11.8 Å². The molecule has 3 heteroatoms. The van der Waals surface area contributed by atoms with Gasteiger partial charge in [-0.15, -0.1) is 0 Å². The highest BCUT2D eigenvalue weighted by Gasteiger charge is 2.43. The van der Waals surface area contributed by atoms with Crippen LogP contribution in [-0.2, 0) is 12.0 Å². The summed E-state index contributed by atoms with van der Waals surface area (Å²) in [6.45, 7) is 0.907. The lowest BCUT2D eigenvalue weighted by Gasteiger charge is -2.44. The summed E-state index contributed by atoms with van der Waals surface area (Å²) in [5.41, 5.74) is 1.69. The SMILES string of the molecule is COc1ccc(C2(O)CCC(CCc3ccccc3)CC2CN(C)C)cc1. The third-order valence-corrected chi connectivity index (χ3v) is 6.09. The average Bonchev–Trinajstić information content (AvgIpc) is 2.69. The summed E-state index contributed by atoms with van der Waals surface area (Å²) >= 11 is 0. The van der Waals surface area contributed by atoms with Gasteiger partial charge in [0.25, 0.3) is 0 Å². The van der Waals surface area contributed by atoms with E-state index in [0.29, 0.717) is 5.92 Å². The lowest BCUT2D eigenvalue weighted by Crippen LogP contribution is -2.45. The first-order valence-electron chi connectivity index (χ1n) is 10.1. The van der Waals surface area contributed by atoms with Gasteiger partial charge in [0, 0.05) is 12.5 Å². The zero-order valence-corrected chi connectivity index (χ0v) is 16.9. The summed E-state index contributed by atoms with van der Waals surface area (Å²) in [4.78, 5) is 2.21. The van der Waals surface area contributed by atoms with Gasteiger partial charge in [-0.3, -0.25) is 0 Å². The summed E-state index contributed by atoms with van der Waals surface area (Å²) in [7, 11) is 5.88. The van der Waals surface area contributed by atoms with E-state index in [4.69, 9.17) is 4.74 Å². The normalized spacial score (nSPS) is 25.5. The Balaban J connectivity index is 1.71. The standard InChI is InChI=1S/C24H33NO2/c1-25(2)18-22-17-20(10-9-19-7-5-4-6-8-19)15-16-24(22,26)21-11-13-23(27-3)14-12-21/h4-8,11-14,20,22,26H,9-10,15-18H2,1-3H3. The second-order valence-electron chi connectivity index (χ2n) is 8.28. The van der Waals surface area contributed by atoms with Crippen LogP contribution in [-0.4, -0.2) is 37.8 Å². The largest absolute Gasteiger partial charge is 0.497 e. The number of methoxy groups -OCH3 is 1. The molecule has 0 aromatic heterocycles. The van der Waals surface area contributed by atoms with Gasteiger partial charge in [-0.2, -0.15) is 0 Å². The molecule has 0 saturated heterocycles. The van der Waals surface area contributed by atoms with Gasteiger partial charge in [0.1, 0.15) is 5.75 Å². The first-order valence-corrected chi connectivity index (χ1v) is 10.1. The van der Waals surface area contributed by atoms with Gasteiger partial charge < -0.3 is 14.7 Å². The highest BCUT2D eigenvalue weighted by molar-refractivity contribution is 5.32. The van der Waals surface area contributed by atoms with E-state index in [1.54, 1.807) is 7.11 Å². The third-order valence-electron chi connectivity index (χ3n) is 6.09. The van der Waals surface area contributed by atoms with Gasteiger partial charge in [-0.1, -0.05) is 42.5 Å². The summed E-state index contributed by atoms with van der Waals surface area (Å²) in [5, 5.41) is 11.7. The van der Waals surface area contributed by atoms with Gasteiger partial charge in [-0.25, -0.2) is 0 Å². The molecular formula is C24H33NO2. The van der Waals surface area contributed by atoms with Gasteiger partial charge in [0.2, 0.25) is 0 Å². The molecule has 0 heterocycles. The van der Waals surface area contributed by atoms with E-state index in [2.05, 4.69) is 49.3 Å². The topological polar surface area (TPSA) is 32.7 Å². The minimum atomic E-state index is -0.750. The van der Waals surface area contributed by atoms with Crippen LogP contribution in [0.25, 0.3) is 0 Å². The Morgan fingerprint density at radius 2 is 1.78 bits per heavy atom. The van der Waals surface area contributed by atoms with Gasteiger partial charge in [0.15, 0.2) is 0 Å². The Morgan fingerprint density at radius 1 is 1.07 bits per heavy atom. The van der Waals surface area contributed by atoms with Crippen molar-refractivity contribution >= 4 is 0 Å². The Kier molecular flexibility index (Phi) is 6.56. The number of rotatable bonds is 7. The summed E-state index contributed by atoms with van der Waals surface area (Å²) in [6, 6.07) is 18.7. The smallest absolute Gasteiger partial charge is 0.118 e. The molecule has 0 radical (unpaired) electrons. The summed E-state index contributed by atoms with van der Waals surface area (Å²) in [5.74, 6) is 1.76. The number of ether oxygens (including phenoxy) is 1. The van der Waals surface area contributed by atoms with Crippen LogP contribution in [0.4, 0.5) is 0 Å². The van der Waals surface area contributed by atoms with E-state index in [9.17, 15) is 5.11 Å². The molecular weight excluding hydrogens is 334 g/mol. The molecule has 0 amide bonds. The van der Waals surface area contributed by atoms with Crippen LogP contribution in [0.15, 0.2) is 54.6 Å². The monoisotopic (exact) mass is 367 g/mol. The first kappa shape index (κ1) is 19.9. The lowest BCUT2D eigenvalue weighted by atomic mass is 9.66. The van der Waals surface area contributed by atoms with E-state index in [0.717, 1.165) is 43.5 Å². The Bertz CT molecular complexity index is 698. The zero-order chi connectivity index (χ0) is 19.3. The zero-order valence-electron chi connectivity index (χ0n) is 16.9. The van der Waals surface area contributed by atoms with Crippen LogP contribution in [0, 0.1) is 11.8 Å². The maximum atomic E-state index is 11.7. The molecule has 1 aliphatic rings. The van der Waals surface area contributed by atoms with Gasteiger partial charge in [-0.05, 0) is 75.4 Å². The summed E-state index contributed by atoms with van der Waals surface area (Å²) in [6.07, 6.45) is 5.32. The van der Waals surface area contributed by atoms with E-state index in [1.165, 1.54) is 12.0 Å². The highest BCUT2D eigenvalue weighted by Crippen LogP contribution is 2.45. The first-order chi connectivity index (χ1) is 13.0. The van der Waals surface area contributed by atoms with Crippen molar-refractivity contribution in [2.45, 2.75) is 37.7 Å². The quantitative estimate of drug-likeness (QED) is 0.782. The molecule has 2 aromatic carbocycles. The second kappa shape index (κ2) is 8.90. The number of aryl methyl sites for hydroxylation is 1. The molecule has 1 fully saturated rings. The fraction of sp³-hybridized carbons (Fsp3) is 0.500. The molecule has 0 bridgehead atoms. The third kappa shape index (κ3) is 4.91. The molecule has 3 nitrogen and oxygen atoms in total. The fourth-order valence-corrected chi connectivity index (χ4v) is 4.55. The van der Waals surface area contributed by atoms with Crippen LogP contribution < -0.4 is 4.74 Å². The summed E-state index contributed by atoms with van der Waals surface area (Å²) < 4.78 is 5.28. The Morgan fingerprint density at radius 3 is 2.41 bits per heavy atom. The van der Waals surface area contributed by atoms with Crippen molar-refractivity contribution in [3.05, 3.63) is 65.7 Å². The van der Waals surface area contributed by atoms with Gasteiger partial charge in [0.05, 0.1) is 12.7 Å². The van der Waals surface area contributed by atoms with Crippen LogP contribution in [0.3, 0.4) is 0 Å². The van der Waals surface area contributed by atoms with Crippen molar-refractivity contribution in [2.75, 3.05) is 27.7 Å². The molecule has 1 aliphatic carbocycles. The van der Waals surface area contributed by atoms with Crippen molar-refractivity contribution < 1.29 is 9.84 Å². The van der Waals surface area contributed by atoms with E-state index in [-0.39, 0.29) is 5.92 Å². The number of nitrogens with zero attached hydrogens (tertiary/aromatic N) is 1. The maximum Gasteiger partial charge on any atom is 0.118 e. The number of hydrogen-bond donors (Lipinski definition) is 1. The molecule has 3 atom stereocenters. The molecule has 146 valence electrons. The molecule has 2 aromatic rings. The minimum absolute atomic E-state index is 0.246. The predicted molar refractivity (Wildman–Crippen MR) is 111 cm³/mol. The lowest BCUT2D eigenvalue weighted by molar-refractivity contribution is -0.0761. The van der Waals surface area contributed by atoms with E-state index < -0.39 is 5.60 Å². The fourth-order valence-electron chi connectivity index (χ4n) is 4.55. The Hall–Kier alpha value is -1.84. The molecule has 0 aliphatic heterocycles. The maximum absolute atomic E-state index is 11.7. The van der Waals surface area contributed by atoms with Crippen molar-refractivity contribution in [3.63, 3.8) is 0 Å². The van der Waals surface area contributed by atoms with Crippen LogP contribution in [0.2, 0.25) is 0 Å². The van der Waals surface area contributed by atoms with Crippen molar-refractivity contribution in [1.82, 2.24) is 4.90 Å². The molecule has 1 N–H and O–H groups in total. The van der Waals surface area contributed by atoms with Crippen LogP contribution >= 0.6 is 0 Å². The number of aliphatic hydroxyl groups is 1. The van der Waals surface area contributed by atoms with Crippen LogP contribution in [0.1, 0.15) is 36.8 Å². The molecule has 3 rings (SSSR count). The second-order valence-corrected chi connectivity index (χ2v) is 8.28. The average molecular weight is 368 g/mol. The van der Waals surface area contributed by atoms with E-state index in [1.807, 2.05) is 24.3 Å². The number of benzene rings is 2. The van der Waals surface area contributed by atoms with Gasteiger partial charge >= 0.3 is 0 Å². The molecule has 1 saturated carbocycles.